The molecule has 1 N–H and O–H groups in total. The monoisotopic (exact) mass is 293 g/mol. The van der Waals surface area contributed by atoms with Crippen molar-refractivity contribution in [2.75, 3.05) is 5.32 Å². The van der Waals surface area contributed by atoms with Gasteiger partial charge in [-0.05, 0) is 49.6 Å². The summed E-state index contributed by atoms with van der Waals surface area (Å²) in [7, 11) is 0. The van der Waals surface area contributed by atoms with Crippen LogP contribution in [0.25, 0.3) is 0 Å². The Bertz CT molecular complexity index is 619. The fourth-order valence-electron chi connectivity index (χ4n) is 1.89. The van der Waals surface area contributed by atoms with E-state index >= 15 is 0 Å². The van der Waals surface area contributed by atoms with Gasteiger partial charge in [-0.1, -0.05) is 24.6 Å². The van der Waals surface area contributed by atoms with E-state index in [0.717, 1.165) is 16.9 Å². The smallest absolute Gasteiger partial charge is 0.265 e. The van der Waals surface area contributed by atoms with Crippen molar-refractivity contribution in [2.24, 2.45) is 0 Å². The van der Waals surface area contributed by atoms with Gasteiger partial charge >= 0.3 is 0 Å². The Hall–Kier alpha value is -1.32. The molecule has 0 radical (unpaired) electrons. The van der Waals surface area contributed by atoms with Crippen LogP contribution in [-0.2, 0) is 6.42 Å². The highest BCUT2D eigenvalue weighted by molar-refractivity contribution is 7.14. The molecule has 0 aliphatic heterocycles. The molecule has 1 aromatic carbocycles. The fourth-order valence-corrected chi connectivity index (χ4v) is 3.18. The Kier molecular flexibility index (Phi) is 4.27. The average molecular weight is 294 g/mol. The molecule has 100 valence electrons. The highest BCUT2D eigenvalue weighted by Gasteiger charge is 2.13. The third-order valence-corrected chi connectivity index (χ3v) is 4.40. The number of hydrogen-bond donors (Lipinski definition) is 1. The van der Waals surface area contributed by atoms with Gasteiger partial charge in [-0.3, -0.25) is 4.79 Å². The van der Waals surface area contributed by atoms with Crippen molar-refractivity contribution in [3.05, 3.63) is 50.2 Å². The lowest BCUT2D eigenvalue weighted by atomic mass is 10.2. The zero-order valence-electron chi connectivity index (χ0n) is 11.2. The molecule has 0 aliphatic rings. The van der Waals surface area contributed by atoms with Crippen LogP contribution in [0.3, 0.4) is 0 Å². The second-order valence-corrected chi connectivity index (χ2v) is 6.15. The summed E-state index contributed by atoms with van der Waals surface area (Å²) in [4.78, 5) is 14.1. The van der Waals surface area contributed by atoms with E-state index in [1.807, 2.05) is 38.1 Å². The van der Waals surface area contributed by atoms with Gasteiger partial charge in [0.05, 0.1) is 15.6 Å². The summed E-state index contributed by atoms with van der Waals surface area (Å²) >= 11 is 7.63. The fraction of sp³-hybridized carbons (Fsp3) is 0.267. The first-order valence-corrected chi connectivity index (χ1v) is 7.37. The lowest BCUT2D eigenvalue weighted by Gasteiger charge is -2.06. The number of hydrogen-bond acceptors (Lipinski definition) is 2. The Balaban J connectivity index is 2.20. The van der Waals surface area contributed by atoms with Gasteiger partial charge in [-0.15, -0.1) is 11.3 Å². The first-order chi connectivity index (χ1) is 9.01. The van der Waals surface area contributed by atoms with Crippen LogP contribution in [0.15, 0.2) is 24.3 Å². The summed E-state index contributed by atoms with van der Waals surface area (Å²) in [6, 6.07) is 7.56. The Morgan fingerprint density at radius 1 is 1.32 bits per heavy atom. The van der Waals surface area contributed by atoms with E-state index in [9.17, 15) is 4.79 Å². The maximum Gasteiger partial charge on any atom is 0.265 e. The van der Waals surface area contributed by atoms with Gasteiger partial charge in [0, 0.05) is 4.88 Å². The summed E-state index contributed by atoms with van der Waals surface area (Å²) in [5, 5.41) is 3.42. The zero-order chi connectivity index (χ0) is 14.0. The first-order valence-electron chi connectivity index (χ1n) is 6.18. The van der Waals surface area contributed by atoms with Crippen LogP contribution in [0.5, 0.6) is 0 Å². The average Bonchev–Trinajstić information content (AvgIpc) is 2.74. The van der Waals surface area contributed by atoms with Gasteiger partial charge < -0.3 is 5.32 Å². The van der Waals surface area contributed by atoms with Crippen LogP contribution in [0.2, 0.25) is 5.02 Å². The number of nitrogens with one attached hydrogen (secondary N) is 1. The van der Waals surface area contributed by atoms with E-state index in [2.05, 4.69) is 12.2 Å². The second kappa shape index (κ2) is 5.76. The molecular weight excluding hydrogens is 278 g/mol. The summed E-state index contributed by atoms with van der Waals surface area (Å²) in [6.07, 6.45) is 0.945. The number of anilines is 1. The van der Waals surface area contributed by atoms with E-state index in [0.29, 0.717) is 10.7 Å². The van der Waals surface area contributed by atoms with Gasteiger partial charge in [0.1, 0.15) is 0 Å². The normalized spacial score (nSPS) is 10.5. The van der Waals surface area contributed by atoms with Crippen molar-refractivity contribution in [3.63, 3.8) is 0 Å². The van der Waals surface area contributed by atoms with Crippen molar-refractivity contribution in [1.82, 2.24) is 0 Å². The van der Waals surface area contributed by atoms with E-state index < -0.39 is 0 Å². The van der Waals surface area contributed by atoms with Gasteiger partial charge in [-0.2, -0.15) is 0 Å². The number of thiophene rings is 1. The largest absolute Gasteiger partial charge is 0.320 e. The van der Waals surface area contributed by atoms with Gasteiger partial charge in [-0.25, -0.2) is 0 Å². The van der Waals surface area contributed by atoms with Crippen molar-refractivity contribution in [2.45, 2.75) is 27.2 Å². The molecule has 0 aliphatic carbocycles. The molecule has 0 atom stereocenters. The molecule has 0 spiro atoms. The Labute approximate surface area is 122 Å². The minimum absolute atomic E-state index is 0.0986. The molecule has 19 heavy (non-hydrogen) atoms. The van der Waals surface area contributed by atoms with Gasteiger partial charge in [0.2, 0.25) is 0 Å². The van der Waals surface area contributed by atoms with Crippen molar-refractivity contribution >= 4 is 34.5 Å². The minimum Gasteiger partial charge on any atom is -0.320 e. The highest BCUT2D eigenvalue weighted by atomic mass is 35.5. The van der Waals surface area contributed by atoms with Crippen molar-refractivity contribution in [3.8, 4) is 0 Å². The molecule has 0 bridgehead atoms. The minimum atomic E-state index is -0.0986. The molecule has 4 heteroatoms. The molecule has 0 unspecified atom stereocenters. The van der Waals surface area contributed by atoms with Gasteiger partial charge in [0.15, 0.2) is 0 Å². The summed E-state index contributed by atoms with van der Waals surface area (Å²) in [5.41, 5.74) is 2.95. The Morgan fingerprint density at radius 3 is 2.63 bits per heavy atom. The van der Waals surface area contributed by atoms with E-state index in [1.54, 1.807) is 0 Å². The Morgan fingerprint density at radius 2 is 2.05 bits per heavy atom. The third-order valence-electron chi connectivity index (χ3n) is 3.00. The summed E-state index contributed by atoms with van der Waals surface area (Å²) < 4.78 is 0. The number of halogens is 1. The quantitative estimate of drug-likeness (QED) is 0.862. The molecule has 2 aromatic rings. The van der Waals surface area contributed by atoms with Crippen LogP contribution >= 0.6 is 22.9 Å². The van der Waals surface area contributed by atoms with Crippen LogP contribution in [-0.4, -0.2) is 5.91 Å². The standard InChI is InChI=1S/C15H16ClNOS/c1-4-11-8-14(19-10(11)3)15(18)17-13-6-5-9(2)7-12(13)16/h5-8H,4H2,1-3H3,(H,17,18). The topological polar surface area (TPSA) is 29.1 Å². The lowest BCUT2D eigenvalue weighted by Crippen LogP contribution is -2.10. The van der Waals surface area contributed by atoms with Crippen LogP contribution in [0.4, 0.5) is 5.69 Å². The van der Waals surface area contributed by atoms with E-state index in [4.69, 9.17) is 11.6 Å². The summed E-state index contributed by atoms with van der Waals surface area (Å²) in [6.45, 7) is 6.10. The highest BCUT2D eigenvalue weighted by Crippen LogP contribution is 2.26. The zero-order valence-corrected chi connectivity index (χ0v) is 12.8. The maximum absolute atomic E-state index is 12.2. The number of carbonyl (C=O) groups is 1. The predicted molar refractivity (Wildman–Crippen MR) is 82.6 cm³/mol. The van der Waals surface area contributed by atoms with Crippen molar-refractivity contribution in [1.29, 1.82) is 0 Å². The number of carbonyl (C=O) groups excluding carboxylic acids is 1. The molecular formula is C15H16ClNOS. The third kappa shape index (κ3) is 3.17. The number of amides is 1. The molecule has 0 saturated heterocycles. The maximum atomic E-state index is 12.2. The number of rotatable bonds is 3. The van der Waals surface area contributed by atoms with E-state index in [1.165, 1.54) is 21.8 Å². The molecule has 1 heterocycles. The SMILES string of the molecule is CCc1cc(C(=O)Nc2ccc(C)cc2Cl)sc1C. The number of aryl methyl sites for hydroxylation is 3. The van der Waals surface area contributed by atoms with Crippen molar-refractivity contribution < 1.29 is 4.79 Å². The number of benzene rings is 1. The molecule has 0 fully saturated rings. The van der Waals surface area contributed by atoms with Crippen LogP contribution in [0, 0.1) is 13.8 Å². The molecule has 1 aromatic heterocycles. The van der Waals surface area contributed by atoms with Crippen LogP contribution < -0.4 is 5.32 Å². The first kappa shape index (κ1) is 14.1. The summed E-state index contributed by atoms with van der Waals surface area (Å²) in [5.74, 6) is -0.0986. The molecule has 0 saturated carbocycles. The molecule has 1 amide bonds. The van der Waals surface area contributed by atoms with E-state index in [-0.39, 0.29) is 5.91 Å². The molecule has 2 rings (SSSR count). The van der Waals surface area contributed by atoms with Gasteiger partial charge in [0.25, 0.3) is 5.91 Å². The van der Waals surface area contributed by atoms with Crippen LogP contribution in [0.1, 0.15) is 32.6 Å². The predicted octanol–water partition coefficient (Wildman–Crippen LogP) is 4.83. The molecule has 2 nitrogen and oxygen atoms in total. The lowest BCUT2D eigenvalue weighted by molar-refractivity contribution is 0.103. The second-order valence-electron chi connectivity index (χ2n) is 4.48.